The summed E-state index contributed by atoms with van der Waals surface area (Å²) in [7, 11) is 0. The third kappa shape index (κ3) is 3.93. The number of nitro benzene ring substituents is 1. The molecule has 0 aliphatic rings. The van der Waals surface area contributed by atoms with Crippen molar-refractivity contribution in [3.05, 3.63) is 85.8 Å². The molecule has 0 aliphatic heterocycles. The normalized spacial score (nSPS) is 11.2. The SMILES string of the molecule is CCCc1[nH]n(-c2ccc([N+](=O)[O-])cc2)c(=O)c1C=Nc1ccccc1CC. The second-order valence-corrected chi connectivity index (χ2v) is 6.41. The van der Waals surface area contributed by atoms with Gasteiger partial charge in [0.25, 0.3) is 11.2 Å². The van der Waals surface area contributed by atoms with E-state index >= 15 is 0 Å². The van der Waals surface area contributed by atoms with Crippen LogP contribution < -0.4 is 5.56 Å². The molecule has 1 N–H and O–H groups in total. The minimum Gasteiger partial charge on any atom is -0.294 e. The van der Waals surface area contributed by atoms with E-state index in [9.17, 15) is 14.9 Å². The average Bonchev–Trinajstić information content (AvgIpc) is 3.02. The predicted molar refractivity (Wildman–Crippen MR) is 110 cm³/mol. The fourth-order valence-electron chi connectivity index (χ4n) is 3.04. The molecule has 0 saturated carbocycles. The van der Waals surface area contributed by atoms with Crippen LogP contribution in [0.5, 0.6) is 0 Å². The molecule has 0 spiro atoms. The molecule has 0 unspecified atom stereocenters. The van der Waals surface area contributed by atoms with Gasteiger partial charge in [0.05, 0.1) is 21.9 Å². The predicted octanol–water partition coefficient (Wildman–Crippen LogP) is 4.34. The number of nitrogens with zero attached hydrogens (tertiary/aromatic N) is 3. The molecule has 0 saturated heterocycles. The van der Waals surface area contributed by atoms with E-state index in [4.69, 9.17) is 0 Å². The summed E-state index contributed by atoms with van der Waals surface area (Å²) in [4.78, 5) is 27.9. The molecule has 144 valence electrons. The highest BCUT2D eigenvalue weighted by atomic mass is 16.6. The average molecular weight is 378 g/mol. The minimum absolute atomic E-state index is 0.0184. The number of nitrogens with one attached hydrogen (secondary N) is 1. The van der Waals surface area contributed by atoms with Crippen molar-refractivity contribution < 1.29 is 4.92 Å². The molecular formula is C21H22N4O3. The van der Waals surface area contributed by atoms with Gasteiger partial charge < -0.3 is 0 Å². The Bertz CT molecular complexity index is 1060. The van der Waals surface area contributed by atoms with E-state index in [2.05, 4.69) is 17.0 Å². The number of benzene rings is 2. The van der Waals surface area contributed by atoms with Crippen molar-refractivity contribution in [2.45, 2.75) is 33.1 Å². The van der Waals surface area contributed by atoms with Gasteiger partial charge in [-0.1, -0.05) is 38.5 Å². The smallest absolute Gasteiger partial charge is 0.280 e. The zero-order chi connectivity index (χ0) is 20.1. The van der Waals surface area contributed by atoms with Gasteiger partial charge in [-0.25, -0.2) is 4.68 Å². The van der Waals surface area contributed by atoms with Gasteiger partial charge >= 0.3 is 0 Å². The number of para-hydroxylation sites is 1. The van der Waals surface area contributed by atoms with E-state index in [-0.39, 0.29) is 11.2 Å². The molecule has 7 nitrogen and oxygen atoms in total. The Balaban J connectivity index is 2.03. The second-order valence-electron chi connectivity index (χ2n) is 6.41. The first kappa shape index (κ1) is 19.3. The fraction of sp³-hybridized carbons (Fsp3) is 0.238. The quantitative estimate of drug-likeness (QED) is 0.376. The molecule has 0 radical (unpaired) electrons. The van der Waals surface area contributed by atoms with E-state index in [1.165, 1.54) is 16.8 Å². The molecule has 1 aromatic heterocycles. The Kier molecular flexibility index (Phi) is 5.84. The van der Waals surface area contributed by atoms with Crippen molar-refractivity contribution in [2.24, 2.45) is 4.99 Å². The maximum Gasteiger partial charge on any atom is 0.280 e. The summed E-state index contributed by atoms with van der Waals surface area (Å²) >= 11 is 0. The van der Waals surface area contributed by atoms with Crippen LogP contribution >= 0.6 is 0 Å². The highest BCUT2D eigenvalue weighted by Gasteiger charge is 2.14. The van der Waals surface area contributed by atoms with Crippen molar-refractivity contribution >= 4 is 17.6 Å². The van der Waals surface area contributed by atoms with Gasteiger partial charge in [0.1, 0.15) is 0 Å². The summed E-state index contributed by atoms with van der Waals surface area (Å²) in [5.41, 5.74) is 3.55. The van der Waals surface area contributed by atoms with Gasteiger partial charge in [-0.3, -0.25) is 25.0 Å². The van der Waals surface area contributed by atoms with Crippen LogP contribution in [0.2, 0.25) is 0 Å². The number of aliphatic imine (C=N–C) groups is 1. The number of aromatic amines is 1. The zero-order valence-corrected chi connectivity index (χ0v) is 15.9. The molecular weight excluding hydrogens is 356 g/mol. The number of hydrogen-bond donors (Lipinski definition) is 1. The lowest BCUT2D eigenvalue weighted by atomic mass is 10.1. The maximum absolute atomic E-state index is 13.0. The summed E-state index contributed by atoms with van der Waals surface area (Å²) in [6, 6.07) is 13.7. The summed E-state index contributed by atoms with van der Waals surface area (Å²) < 4.78 is 1.40. The maximum atomic E-state index is 13.0. The van der Waals surface area contributed by atoms with Crippen LogP contribution in [0.25, 0.3) is 5.69 Å². The van der Waals surface area contributed by atoms with Crippen LogP contribution in [-0.2, 0) is 12.8 Å². The largest absolute Gasteiger partial charge is 0.294 e. The zero-order valence-electron chi connectivity index (χ0n) is 15.9. The Labute approximate surface area is 162 Å². The van der Waals surface area contributed by atoms with E-state index in [0.29, 0.717) is 17.7 Å². The number of hydrogen-bond acceptors (Lipinski definition) is 4. The lowest BCUT2D eigenvalue weighted by Gasteiger charge is -2.01. The Morgan fingerprint density at radius 1 is 1.14 bits per heavy atom. The standard InChI is InChI=1S/C21H22N4O3/c1-3-7-20-18(14-22-19-9-6-5-8-15(19)4-2)21(26)24(23-20)16-10-12-17(13-11-16)25(27)28/h5-6,8-14,23H,3-4,7H2,1-2H3. The molecule has 0 aliphatic carbocycles. The van der Waals surface area contributed by atoms with E-state index in [1.54, 1.807) is 18.3 Å². The molecule has 28 heavy (non-hydrogen) atoms. The molecule has 7 heteroatoms. The fourth-order valence-corrected chi connectivity index (χ4v) is 3.04. The molecule has 0 fully saturated rings. The van der Waals surface area contributed by atoms with Crippen LogP contribution in [0, 0.1) is 10.1 Å². The first-order valence-corrected chi connectivity index (χ1v) is 9.25. The molecule has 3 rings (SSSR count). The highest BCUT2D eigenvalue weighted by molar-refractivity contribution is 5.83. The summed E-state index contributed by atoms with van der Waals surface area (Å²) in [6.07, 6.45) is 4.04. The minimum atomic E-state index is -0.465. The summed E-state index contributed by atoms with van der Waals surface area (Å²) in [5.74, 6) is 0. The van der Waals surface area contributed by atoms with Gasteiger partial charge in [-0.05, 0) is 36.6 Å². The monoisotopic (exact) mass is 378 g/mol. The van der Waals surface area contributed by atoms with Crippen molar-refractivity contribution in [3.8, 4) is 5.69 Å². The number of nitro groups is 1. The topological polar surface area (TPSA) is 93.3 Å². The van der Waals surface area contributed by atoms with Gasteiger partial charge in [-0.2, -0.15) is 0 Å². The van der Waals surface area contributed by atoms with Crippen molar-refractivity contribution in [3.63, 3.8) is 0 Å². The Hall–Kier alpha value is -3.48. The first-order chi connectivity index (χ1) is 13.5. The molecule has 0 atom stereocenters. The molecule has 0 amide bonds. The van der Waals surface area contributed by atoms with Crippen LogP contribution in [0.3, 0.4) is 0 Å². The van der Waals surface area contributed by atoms with Crippen LogP contribution in [0.15, 0.2) is 58.3 Å². The van der Waals surface area contributed by atoms with E-state index < -0.39 is 4.92 Å². The number of rotatable bonds is 7. The number of H-pyrrole nitrogens is 1. The van der Waals surface area contributed by atoms with Crippen molar-refractivity contribution in [1.29, 1.82) is 0 Å². The van der Waals surface area contributed by atoms with Crippen LogP contribution in [-0.4, -0.2) is 20.9 Å². The lowest BCUT2D eigenvalue weighted by molar-refractivity contribution is -0.384. The number of non-ortho nitro benzene ring substituents is 1. The van der Waals surface area contributed by atoms with Crippen molar-refractivity contribution in [2.75, 3.05) is 0 Å². The molecule has 1 heterocycles. The van der Waals surface area contributed by atoms with Crippen LogP contribution in [0.4, 0.5) is 11.4 Å². The number of aromatic nitrogens is 2. The lowest BCUT2D eigenvalue weighted by Crippen LogP contribution is -2.17. The van der Waals surface area contributed by atoms with Gasteiger partial charge in [0, 0.05) is 24.0 Å². The Morgan fingerprint density at radius 3 is 2.50 bits per heavy atom. The van der Waals surface area contributed by atoms with Gasteiger partial charge in [0.15, 0.2) is 0 Å². The highest BCUT2D eigenvalue weighted by Crippen LogP contribution is 2.19. The molecule has 2 aromatic carbocycles. The summed E-state index contributed by atoms with van der Waals surface area (Å²) in [6.45, 7) is 4.10. The van der Waals surface area contributed by atoms with E-state index in [0.717, 1.165) is 29.8 Å². The second kappa shape index (κ2) is 8.47. The van der Waals surface area contributed by atoms with Gasteiger partial charge in [0.2, 0.25) is 0 Å². The van der Waals surface area contributed by atoms with Crippen LogP contribution in [0.1, 0.15) is 37.1 Å². The van der Waals surface area contributed by atoms with Crippen molar-refractivity contribution in [1.82, 2.24) is 9.78 Å². The third-order valence-corrected chi connectivity index (χ3v) is 4.53. The Morgan fingerprint density at radius 2 is 1.86 bits per heavy atom. The molecule has 3 aromatic rings. The third-order valence-electron chi connectivity index (χ3n) is 4.53. The molecule has 0 bridgehead atoms. The van der Waals surface area contributed by atoms with Gasteiger partial charge in [-0.15, -0.1) is 0 Å². The first-order valence-electron chi connectivity index (χ1n) is 9.25. The number of aryl methyl sites for hydroxylation is 2. The van der Waals surface area contributed by atoms with E-state index in [1.807, 2.05) is 31.2 Å². The summed E-state index contributed by atoms with van der Waals surface area (Å²) in [5, 5.41) is 14.0.